The van der Waals surface area contributed by atoms with E-state index in [4.69, 9.17) is 23.2 Å². The summed E-state index contributed by atoms with van der Waals surface area (Å²) in [4.78, 5) is 4.23. The van der Waals surface area contributed by atoms with Crippen molar-refractivity contribution in [3.63, 3.8) is 0 Å². The van der Waals surface area contributed by atoms with Crippen molar-refractivity contribution in [1.29, 1.82) is 0 Å². The maximum absolute atomic E-state index is 6.03. The van der Waals surface area contributed by atoms with Gasteiger partial charge in [0.1, 0.15) is 0 Å². The molecule has 0 aromatic carbocycles. The van der Waals surface area contributed by atoms with Crippen molar-refractivity contribution in [2.45, 2.75) is 19.3 Å². The molecule has 0 amide bonds. The molecule has 0 saturated heterocycles. The van der Waals surface area contributed by atoms with Gasteiger partial charge in [0, 0.05) is 16.9 Å². The molecule has 1 nitrogen and oxygen atoms in total. The maximum atomic E-state index is 6.03. The van der Waals surface area contributed by atoms with Crippen LogP contribution in [0.3, 0.4) is 0 Å². The SMILES string of the molecule is CC(C)(CBr)c1ncc(Cl)cc1Cl. The van der Waals surface area contributed by atoms with E-state index >= 15 is 0 Å². The fraction of sp³-hybridized carbons (Fsp3) is 0.444. The molecule has 0 bridgehead atoms. The molecule has 1 aromatic heterocycles. The number of alkyl halides is 1. The Morgan fingerprint density at radius 1 is 1.46 bits per heavy atom. The fourth-order valence-electron chi connectivity index (χ4n) is 0.976. The number of hydrogen-bond acceptors (Lipinski definition) is 1. The molecule has 13 heavy (non-hydrogen) atoms. The molecular formula is C9H10BrCl2N. The summed E-state index contributed by atoms with van der Waals surface area (Å²) in [7, 11) is 0. The molecule has 1 rings (SSSR count). The van der Waals surface area contributed by atoms with Gasteiger partial charge < -0.3 is 0 Å². The van der Waals surface area contributed by atoms with Gasteiger partial charge >= 0.3 is 0 Å². The van der Waals surface area contributed by atoms with Crippen molar-refractivity contribution in [3.8, 4) is 0 Å². The van der Waals surface area contributed by atoms with Crippen LogP contribution < -0.4 is 0 Å². The lowest BCUT2D eigenvalue weighted by Gasteiger charge is -2.21. The number of halogens is 3. The smallest absolute Gasteiger partial charge is 0.0655 e. The van der Waals surface area contributed by atoms with E-state index in [1.54, 1.807) is 12.3 Å². The van der Waals surface area contributed by atoms with Crippen LogP contribution in [0.2, 0.25) is 10.0 Å². The summed E-state index contributed by atoms with van der Waals surface area (Å²) in [5, 5.41) is 2.00. The highest BCUT2D eigenvalue weighted by Gasteiger charge is 2.23. The molecule has 1 heterocycles. The van der Waals surface area contributed by atoms with E-state index in [9.17, 15) is 0 Å². The normalized spacial score (nSPS) is 11.8. The Morgan fingerprint density at radius 2 is 2.08 bits per heavy atom. The van der Waals surface area contributed by atoms with E-state index in [1.165, 1.54) is 0 Å². The minimum Gasteiger partial charge on any atom is -0.258 e. The van der Waals surface area contributed by atoms with Crippen molar-refractivity contribution in [2.24, 2.45) is 0 Å². The van der Waals surface area contributed by atoms with Crippen LogP contribution in [-0.4, -0.2) is 10.3 Å². The summed E-state index contributed by atoms with van der Waals surface area (Å²) in [6.07, 6.45) is 1.62. The highest BCUT2D eigenvalue weighted by Crippen LogP contribution is 2.30. The third-order valence-electron chi connectivity index (χ3n) is 1.78. The summed E-state index contributed by atoms with van der Waals surface area (Å²) in [6.45, 7) is 4.15. The van der Waals surface area contributed by atoms with E-state index in [0.29, 0.717) is 10.0 Å². The second-order valence-corrected chi connectivity index (χ2v) is 4.91. The van der Waals surface area contributed by atoms with E-state index in [0.717, 1.165) is 11.0 Å². The highest BCUT2D eigenvalue weighted by molar-refractivity contribution is 9.09. The monoisotopic (exact) mass is 281 g/mol. The zero-order valence-corrected chi connectivity index (χ0v) is 10.5. The molecule has 0 radical (unpaired) electrons. The van der Waals surface area contributed by atoms with Crippen LogP contribution in [0.1, 0.15) is 19.5 Å². The van der Waals surface area contributed by atoms with Crippen molar-refractivity contribution >= 4 is 39.1 Å². The van der Waals surface area contributed by atoms with Crippen LogP contribution >= 0.6 is 39.1 Å². The van der Waals surface area contributed by atoms with E-state index in [1.807, 2.05) is 0 Å². The number of pyridine rings is 1. The molecule has 0 N–H and O–H groups in total. The molecule has 0 atom stereocenters. The fourth-order valence-corrected chi connectivity index (χ4v) is 1.88. The Kier molecular flexibility index (Phi) is 3.61. The summed E-state index contributed by atoms with van der Waals surface area (Å²) in [6, 6.07) is 1.72. The molecule has 0 spiro atoms. The van der Waals surface area contributed by atoms with Gasteiger partial charge in [-0.05, 0) is 6.07 Å². The summed E-state index contributed by atoms with van der Waals surface area (Å²) in [5.41, 5.74) is 0.803. The molecule has 0 aliphatic rings. The number of hydrogen-bond donors (Lipinski definition) is 0. The van der Waals surface area contributed by atoms with Gasteiger partial charge in [0.15, 0.2) is 0 Å². The minimum absolute atomic E-state index is 0.0678. The number of nitrogens with zero attached hydrogens (tertiary/aromatic N) is 1. The average molecular weight is 283 g/mol. The van der Waals surface area contributed by atoms with Crippen molar-refractivity contribution in [3.05, 3.63) is 28.0 Å². The number of rotatable bonds is 2. The molecule has 0 fully saturated rings. The Hall–Kier alpha value is 0.210. The zero-order chi connectivity index (χ0) is 10.1. The third-order valence-corrected chi connectivity index (χ3v) is 3.68. The standard InChI is InChI=1S/C9H10BrCl2N/c1-9(2,5-10)8-7(12)3-6(11)4-13-8/h3-4H,5H2,1-2H3. The molecule has 0 aliphatic heterocycles. The zero-order valence-electron chi connectivity index (χ0n) is 7.44. The lowest BCUT2D eigenvalue weighted by molar-refractivity contribution is 0.585. The predicted octanol–water partition coefficient (Wildman–Crippen LogP) is 4.06. The molecule has 0 aliphatic carbocycles. The van der Waals surface area contributed by atoms with Gasteiger partial charge in [-0.3, -0.25) is 4.98 Å². The first-order valence-electron chi connectivity index (χ1n) is 3.85. The molecule has 4 heteroatoms. The maximum Gasteiger partial charge on any atom is 0.0655 e. The van der Waals surface area contributed by atoms with Crippen molar-refractivity contribution in [2.75, 3.05) is 5.33 Å². The lowest BCUT2D eigenvalue weighted by Crippen LogP contribution is -2.21. The summed E-state index contributed by atoms with van der Waals surface area (Å²) >= 11 is 15.2. The highest BCUT2D eigenvalue weighted by atomic mass is 79.9. The molecule has 72 valence electrons. The Labute approximate surface area is 96.6 Å². The molecule has 0 unspecified atom stereocenters. The first-order chi connectivity index (χ1) is 5.97. The van der Waals surface area contributed by atoms with E-state index in [-0.39, 0.29) is 5.41 Å². The van der Waals surface area contributed by atoms with Gasteiger partial charge in [0.25, 0.3) is 0 Å². The van der Waals surface area contributed by atoms with Crippen LogP contribution in [0, 0.1) is 0 Å². The van der Waals surface area contributed by atoms with Crippen LogP contribution in [-0.2, 0) is 5.41 Å². The van der Waals surface area contributed by atoms with E-state index < -0.39 is 0 Å². The van der Waals surface area contributed by atoms with Crippen LogP contribution in [0.4, 0.5) is 0 Å². The Bertz CT molecular complexity index is 312. The van der Waals surface area contributed by atoms with E-state index in [2.05, 4.69) is 34.8 Å². The van der Waals surface area contributed by atoms with Crippen LogP contribution in [0.15, 0.2) is 12.3 Å². The Morgan fingerprint density at radius 3 is 2.54 bits per heavy atom. The first-order valence-corrected chi connectivity index (χ1v) is 5.72. The van der Waals surface area contributed by atoms with Gasteiger partial charge in [-0.25, -0.2) is 0 Å². The third kappa shape index (κ3) is 2.58. The molecule has 1 aromatic rings. The van der Waals surface area contributed by atoms with Crippen LogP contribution in [0.25, 0.3) is 0 Å². The lowest BCUT2D eigenvalue weighted by atomic mass is 9.91. The minimum atomic E-state index is -0.0678. The number of aromatic nitrogens is 1. The van der Waals surface area contributed by atoms with Gasteiger partial charge in [-0.15, -0.1) is 0 Å². The quantitative estimate of drug-likeness (QED) is 0.746. The second kappa shape index (κ2) is 4.16. The van der Waals surface area contributed by atoms with Gasteiger partial charge in [0.05, 0.1) is 15.7 Å². The largest absolute Gasteiger partial charge is 0.258 e. The topological polar surface area (TPSA) is 12.9 Å². The van der Waals surface area contributed by atoms with Crippen LogP contribution in [0.5, 0.6) is 0 Å². The van der Waals surface area contributed by atoms with Gasteiger partial charge in [-0.1, -0.05) is 53.0 Å². The first kappa shape index (κ1) is 11.3. The van der Waals surface area contributed by atoms with Crippen molar-refractivity contribution in [1.82, 2.24) is 4.98 Å². The average Bonchev–Trinajstić information content (AvgIpc) is 2.03. The summed E-state index contributed by atoms with van der Waals surface area (Å²) in [5.74, 6) is 0. The predicted molar refractivity (Wildman–Crippen MR) is 61.1 cm³/mol. The molecule has 0 saturated carbocycles. The second-order valence-electron chi connectivity index (χ2n) is 3.50. The van der Waals surface area contributed by atoms with Gasteiger partial charge in [0.2, 0.25) is 0 Å². The van der Waals surface area contributed by atoms with Crippen molar-refractivity contribution < 1.29 is 0 Å². The summed E-state index contributed by atoms with van der Waals surface area (Å²) < 4.78 is 0. The van der Waals surface area contributed by atoms with Gasteiger partial charge in [-0.2, -0.15) is 0 Å². The Balaban J connectivity index is 3.16. The molecular weight excluding hydrogens is 273 g/mol.